The van der Waals surface area contributed by atoms with Gasteiger partial charge in [0.15, 0.2) is 0 Å². The molecule has 8 heteroatoms. The second-order valence-corrected chi connectivity index (χ2v) is 8.35. The topological polar surface area (TPSA) is 67.9 Å². The average molecular weight is 422 g/mol. The highest BCUT2D eigenvalue weighted by Crippen LogP contribution is 2.14. The number of carbonyl (C=O) groups excluding carboxylic acids is 2. The Bertz CT molecular complexity index is 676. The Morgan fingerprint density at radius 1 is 1.00 bits per heavy atom. The smallest absolute Gasteiger partial charge is 0.317 e. The summed E-state index contributed by atoms with van der Waals surface area (Å²) in [6.07, 6.45) is 2.75. The molecule has 0 saturated carbocycles. The van der Waals surface area contributed by atoms with E-state index in [1.54, 1.807) is 7.05 Å². The van der Waals surface area contributed by atoms with Gasteiger partial charge in [-0.05, 0) is 37.0 Å². The van der Waals surface area contributed by atoms with E-state index in [1.165, 1.54) is 5.56 Å². The van der Waals surface area contributed by atoms with Gasteiger partial charge in [0.2, 0.25) is 5.91 Å². The minimum Gasteiger partial charge on any atom is -0.358 e. The van der Waals surface area contributed by atoms with Crippen molar-refractivity contribution in [3.05, 3.63) is 34.9 Å². The number of piperidine rings is 1. The molecule has 0 aliphatic carbocycles. The van der Waals surface area contributed by atoms with E-state index < -0.39 is 0 Å². The van der Waals surface area contributed by atoms with E-state index in [1.807, 2.05) is 17.0 Å². The fraction of sp³-hybridized carbons (Fsp3) is 0.619. The number of likely N-dealkylation sites (tertiary alicyclic amines) is 1. The molecule has 0 radical (unpaired) electrons. The van der Waals surface area contributed by atoms with Gasteiger partial charge < -0.3 is 15.5 Å². The number of amides is 3. The maximum absolute atomic E-state index is 12.7. The lowest BCUT2D eigenvalue weighted by atomic mass is 10.1. The molecule has 2 aliphatic heterocycles. The minimum atomic E-state index is 0.0419. The molecule has 0 bridgehead atoms. The Balaban J connectivity index is 1.40. The van der Waals surface area contributed by atoms with Crippen molar-refractivity contribution in [2.45, 2.75) is 31.8 Å². The molecule has 3 rings (SSSR count). The van der Waals surface area contributed by atoms with Crippen molar-refractivity contribution in [2.24, 2.45) is 0 Å². The van der Waals surface area contributed by atoms with Crippen molar-refractivity contribution < 1.29 is 9.59 Å². The summed E-state index contributed by atoms with van der Waals surface area (Å²) in [4.78, 5) is 30.7. The second kappa shape index (κ2) is 10.8. The number of hydrogen-bond donors (Lipinski definition) is 2. The number of hydrogen-bond acceptors (Lipinski definition) is 4. The molecule has 0 spiro atoms. The number of likely N-dealkylation sites (N-methyl/N-ethyl adjacent to an activating group) is 1. The van der Waals surface area contributed by atoms with E-state index in [0.29, 0.717) is 6.54 Å². The molecule has 1 aromatic rings. The number of halogens is 1. The highest BCUT2D eigenvalue weighted by Gasteiger charge is 2.25. The Kier molecular flexibility index (Phi) is 8.15. The molecule has 2 saturated heterocycles. The summed E-state index contributed by atoms with van der Waals surface area (Å²) in [5.41, 5.74) is 1.25. The Morgan fingerprint density at radius 3 is 2.41 bits per heavy atom. The third-order valence-electron chi connectivity index (χ3n) is 5.76. The highest BCUT2D eigenvalue weighted by molar-refractivity contribution is 6.30. The lowest BCUT2D eigenvalue weighted by molar-refractivity contribution is -0.122. The summed E-state index contributed by atoms with van der Waals surface area (Å²) in [5, 5.41) is 6.62. The van der Waals surface area contributed by atoms with Gasteiger partial charge in [-0.25, -0.2) is 4.79 Å². The zero-order valence-corrected chi connectivity index (χ0v) is 18.0. The molecular weight excluding hydrogens is 390 g/mol. The molecule has 7 nitrogen and oxygen atoms in total. The molecular formula is C21H32ClN5O2. The van der Waals surface area contributed by atoms with Crippen molar-refractivity contribution in [3.8, 4) is 0 Å². The summed E-state index contributed by atoms with van der Waals surface area (Å²) < 4.78 is 0. The number of benzene rings is 1. The largest absolute Gasteiger partial charge is 0.358 e. The van der Waals surface area contributed by atoms with Crippen molar-refractivity contribution in [3.63, 3.8) is 0 Å². The van der Waals surface area contributed by atoms with Gasteiger partial charge in [-0.15, -0.1) is 0 Å². The first kappa shape index (κ1) is 21.9. The fourth-order valence-electron chi connectivity index (χ4n) is 3.96. The van der Waals surface area contributed by atoms with Crippen molar-refractivity contribution in [1.29, 1.82) is 0 Å². The van der Waals surface area contributed by atoms with Crippen LogP contribution in [0, 0.1) is 0 Å². The van der Waals surface area contributed by atoms with Crippen LogP contribution in [0.2, 0.25) is 5.02 Å². The summed E-state index contributed by atoms with van der Waals surface area (Å²) in [6.45, 7) is 6.40. The Labute approximate surface area is 178 Å². The van der Waals surface area contributed by atoms with Crippen molar-refractivity contribution in [1.82, 2.24) is 25.3 Å². The predicted molar refractivity (Wildman–Crippen MR) is 115 cm³/mol. The van der Waals surface area contributed by atoms with Gasteiger partial charge in [0.25, 0.3) is 0 Å². The van der Waals surface area contributed by atoms with Gasteiger partial charge in [-0.1, -0.05) is 23.7 Å². The van der Waals surface area contributed by atoms with Crippen LogP contribution in [0.15, 0.2) is 24.3 Å². The standard InChI is InChI=1S/C21H32ClN5O2/c1-23-20(28)16-26-11-7-19(8-12-26)24-21(29)27-10-2-9-25(13-14-27)15-17-3-5-18(22)6-4-17/h3-6,19H,2,7-16H2,1H3,(H,23,28)(H,24,29). The molecule has 0 aromatic heterocycles. The lowest BCUT2D eigenvalue weighted by Gasteiger charge is -2.33. The molecule has 0 unspecified atom stereocenters. The third-order valence-corrected chi connectivity index (χ3v) is 6.01. The molecule has 160 valence electrons. The van der Waals surface area contributed by atoms with Crippen LogP contribution in [0.5, 0.6) is 0 Å². The van der Waals surface area contributed by atoms with Crippen LogP contribution in [0.4, 0.5) is 4.79 Å². The quantitative estimate of drug-likeness (QED) is 0.760. The van der Waals surface area contributed by atoms with Crippen molar-refractivity contribution >= 4 is 23.5 Å². The molecule has 2 aliphatic rings. The summed E-state index contributed by atoms with van der Waals surface area (Å²) >= 11 is 5.97. The molecule has 1 aromatic carbocycles. The van der Waals surface area contributed by atoms with Gasteiger partial charge in [-0.3, -0.25) is 14.6 Å². The van der Waals surface area contributed by atoms with E-state index >= 15 is 0 Å². The van der Waals surface area contributed by atoms with E-state index in [4.69, 9.17) is 11.6 Å². The van der Waals surface area contributed by atoms with Gasteiger partial charge >= 0.3 is 6.03 Å². The van der Waals surface area contributed by atoms with Crippen LogP contribution in [0.25, 0.3) is 0 Å². The number of rotatable bonds is 5. The molecule has 3 amide bonds. The first-order valence-corrected chi connectivity index (χ1v) is 10.9. The average Bonchev–Trinajstić information content (AvgIpc) is 2.97. The number of urea groups is 1. The van der Waals surface area contributed by atoms with Crippen LogP contribution < -0.4 is 10.6 Å². The summed E-state index contributed by atoms with van der Waals surface area (Å²) in [7, 11) is 1.66. The Hall–Kier alpha value is -1.83. The predicted octanol–water partition coefficient (Wildman–Crippen LogP) is 1.77. The summed E-state index contributed by atoms with van der Waals surface area (Å²) in [5.74, 6) is 0.0419. The second-order valence-electron chi connectivity index (χ2n) is 7.92. The SMILES string of the molecule is CNC(=O)CN1CCC(NC(=O)N2CCCN(Cc3ccc(Cl)cc3)CC2)CC1. The van der Waals surface area contributed by atoms with E-state index in [-0.39, 0.29) is 18.0 Å². The van der Waals surface area contributed by atoms with Gasteiger partial charge in [-0.2, -0.15) is 0 Å². The summed E-state index contributed by atoms with van der Waals surface area (Å²) in [6, 6.07) is 8.21. The molecule has 2 heterocycles. The molecule has 0 atom stereocenters. The van der Waals surface area contributed by atoms with Gasteiger partial charge in [0, 0.05) is 63.9 Å². The molecule has 29 heavy (non-hydrogen) atoms. The van der Waals surface area contributed by atoms with Crippen LogP contribution in [0.1, 0.15) is 24.8 Å². The van der Waals surface area contributed by atoms with Gasteiger partial charge in [0.1, 0.15) is 0 Å². The molecule has 2 fully saturated rings. The fourth-order valence-corrected chi connectivity index (χ4v) is 4.09. The van der Waals surface area contributed by atoms with E-state index in [0.717, 1.165) is 70.1 Å². The van der Waals surface area contributed by atoms with Gasteiger partial charge in [0.05, 0.1) is 6.54 Å². The first-order chi connectivity index (χ1) is 14.0. The van der Waals surface area contributed by atoms with Crippen molar-refractivity contribution in [2.75, 3.05) is 52.9 Å². The van der Waals surface area contributed by atoms with E-state index in [2.05, 4.69) is 32.6 Å². The van der Waals surface area contributed by atoms with Crippen LogP contribution in [-0.4, -0.2) is 85.5 Å². The van der Waals surface area contributed by atoms with E-state index in [9.17, 15) is 9.59 Å². The number of carbonyl (C=O) groups is 2. The number of nitrogens with zero attached hydrogens (tertiary/aromatic N) is 3. The third kappa shape index (κ3) is 6.87. The zero-order chi connectivity index (χ0) is 20.6. The molecule has 2 N–H and O–H groups in total. The Morgan fingerprint density at radius 2 is 1.72 bits per heavy atom. The maximum atomic E-state index is 12.7. The van der Waals surface area contributed by atoms with Crippen LogP contribution in [-0.2, 0) is 11.3 Å². The normalized spacial score (nSPS) is 19.6. The highest BCUT2D eigenvalue weighted by atomic mass is 35.5. The van der Waals surface area contributed by atoms with Crippen LogP contribution >= 0.6 is 11.6 Å². The monoisotopic (exact) mass is 421 g/mol. The van der Waals surface area contributed by atoms with Crippen LogP contribution in [0.3, 0.4) is 0 Å². The minimum absolute atomic E-state index is 0.0419. The zero-order valence-electron chi connectivity index (χ0n) is 17.2. The lowest BCUT2D eigenvalue weighted by Crippen LogP contribution is -2.51. The first-order valence-electron chi connectivity index (χ1n) is 10.5. The maximum Gasteiger partial charge on any atom is 0.317 e. The number of nitrogens with one attached hydrogen (secondary N) is 2.